The first kappa shape index (κ1) is 17.6. The molecule has 0 aromatic carbocycles. The highest BCUT2D eigenvalue weighted by Crippen LogP contribution is 2.46. The Morgan fingerprint density at radius 2 is 2.04 bits per heavy atom. The van der Waals surface area contributed by atoms with Gasteiger partial charge in [0, 0.05) is 43.2 Å². The largest absolute Gasteiger partial charge is 0.355 e. The number of amides is 2. The SMILES string of the molecule is Cc1cc(C)n(CC2(CNC(=O)[C@@H]3CC(=O)N(C4CCCC4)C3)CC2)n1. The summed E-state index contributed by atoms with van der Waals surface area (Å²) in [5.41, 5.74) is 2.36. The molecule has 26 heavy (non-hydrogen) atoms. The fraction of sp³-hybridized carbons (Fsp3) is 0.750. The molecule has 0 bridgehead atoms. The lowest BCUT2D eigenvalue weighted by molar-refractivity contribution is -0.130. The third-order valence-electron chi connectivity index (χ3n) is 6.48. The second-order valence-corrected chi connectivity index (χ2v) is 8.69. The number of carbonyl (C=O) groups excluding carboxylic acids is 2. The lowest BCUT2D eigenvalue weighted by Gasteiger charge is -2.24. The molecule has 1 aromatic heterocycles. The summed E-state index contributed by atoms with van der Waals surface area (Å²) in [5, 5.41) is 7.70. The molecule has 2 amide bonds. The van der Waals surface area contributed by atoms with Crippen LogP contribution in [0.4, 0.5) is 0 Å². The van der Waals surface area contributed by atoms with Gasteiger partial charge in [0.2, 0.25) is 11.8 Å². The highest BCUT2D eigenvalue weighted by Gasteiger charge is 2.45. The van der Waals surface area contributed by atoms with Crippen LogP contribution in [0.3, 0.4) is 0 Å². The maximum Gasteiger partial charge on any atom is 0.225 e. The van der Waals surface area contributed by atoms with Crippen molar-refractivity contribution in [2.24, 2.45) is 11.3 Å². The fourth-order valence-electron chi connectivity index (χ4n) is 4.62. The Morgan fingerprint density at radius 3 is 2.65 bits per heavy atom. The van der Waals surface area contributed by atoms with Crippen LogP contribution in [0.2, 0.25) is 0 Å². The van der Waals surface area contributed by atoms with E-state index in [1.807, 2.05) is 11.8 Å². The minimum absolute atomic E-state index is 0.0542. The van der Waals surface area contributed by atoms with Gasteiger partial charge in [-0.3, -0.25) is 14.3 Å². The molecule has 3 fully saturated rings. The Hall–Kier alpha value is -1.85. The molecule has 0 spiro atoms. The molecule has 6 heteroatoms. The van der Waals surface area contributed by atoms with Gasteiger partial charge in [-0.2, -0.15) is 5.10 Å². The lowest BCUT2D eigenvalue weighted by Crippen LogP contribution is -2.39. The predicted octanol–water partition coefficient (Wildman–Crippen LogP) is 2.19. The summed E-state index contributed by atoms with van der Waals surface area (Å²) in [6.45, 7) is 6.26. The number of carbonyl (C=O) groups is 2. The molecule has 1 saturated heterocycles. The number of likely N-dealkylation sites (tertiary alicyclic amines) is 1. The first-order valence-electron chi connectivity index (χ1n) is 10.0. The Morgan fingerprint density at radius 1 is 1.31 bits per heavy atom. The summed E-state index contributed by atoms with van der Waals surface area (Å²) >= 11 is 0. The summed E-state index contributed by atoms with van der Waals surface area (Å²) < 4.78 is 2.06. The van der Waals surface area contributed by atoms with Crippen molar-refractivity contribution in [2.75, 3.05) is 13.1 Å². The summed E-state index contributed by atoms with van der Waals surface area (Å²) in [6, 6.07) is 2.47. The number of hydrogen-bond donors (Lipinski definition) is 1. The number of nitrogens with one attached hydrogen (secondary N) is 1. The van der Waals surface area contributed by atoms with Gasteiger partial charge in [0.1, 0.15) is 0 Å². The van der Waals surface area contributed by atoms with E-state index < -0.39 is 0 Å². The van der Waals surface area contributed by atoms with Crippen LogP contribution in [0.1, 0.15) is 56.3 Å². The van der Waals surface area contributed by atoms with E-state index in [4.69, 9.17) is 0 Å². The zero-order valence-corrected chi connectivity index (χ0v) is 16.0. The number of nitrogens with zero attached hydrogens (tertiary/aromatic N) is 3. The molecule has 2 heterocycles. The molecule has 2 saturated carbocycles. The molecule has 1 aromatic rings. The van der Waals surface area contributed by atoms with E-state index in [1.165, 1.54) is 18.5 Å². The maximum absolute atomic E-state index is 12.6. The number of aryl methyl sites for hydroxylation is 2. The zero-order valence-electron chi connectivity index (χ0n) is 16.0. The molecule has 0 radical (unpaired) electrons. The topological polar surface area (TPSA) is 67.2 Å². The Balaban J connectivity index is 1.30. The van der Waals surface area contributed by atoms with E-state index in [0.717, 1.165) is 37.9 Å². The number of hydrogen-bond acceptors (Lipinski definition) is 3. The van der Waals surface area contributed by atoms with Gasteiger partial charge >= 0.3 is 0 Å². The molecule has 0 unspecified atom stereocenters. The molecule has 4 rings (SSSR count). The van der Waals surface area contributed by atoms with Crippen molar-refractivity contribution in [1.82, 2.24) is 20.0 Å². The van der Waals surface area contributed by atoms with Crippen LogP contribution in [-0.4, -0.2) is 45.6 Å². The highest BCUT2D eigenvalue weighted by atomic mass is 16.2. The monoisotopic (exact) mass is 358 g/mol. The lowest BCUT2D eigenvalue weighted by atomic mass is 10.1. The van der Waals surface area contributed by atoms with E-state index in [0.29, 0.717) is 25.6 Å². The highest BCUT2D eigenvalue weighted by molar-refractivity contribution is 5.89. The van der Waals surface area contributed by atoms with Crippen molar-refractivity contribution in [3.63, 3.8) is 0 Å². The first-order chi connectivity index (χ1) is 12.5. The number of rotatable bonds is 6. The van der Waals surface area contributed by atoms with Crippen LogP contribution in [0.15, 0.2) is 6.07 Å². The predicted molar refractivity (Wildman–Crippen MR) is 98.5 cm³/mol. The molecule has 1 N–H and O–H groups in total. The van der Waals surface area contributed by atoms with Gasteiger partial charge in [0.15, 0.2) is 0 Å². The summed E-state index contributed by atoms with van der Waals surface area (Å²) in [6.07, 6.45) is 7.26. The third-order valence-corrected chi connectivity index (χ3v) is 6.48. The second-order valence-electron chi connectivity index (χ2n) is 8.69. The average Bonchev–Trinajstić information content (AvgIpc) is 2.93. The average molecular weight is 358 g/mol. The van der Waals surface area contributed by atoms with Crippen LogP contribution in [0, 0.1) is 25.2 Å². The van der Waals surface area contributed by atoms with Gasteiger partial charge in [-0.15, -0.1) is 0 Å². The van der Waals surface area contributed by atoms with Crippen LogP contribution in [0.5, 0.6) is 0 Å². The smallest absolute Gasteiger partial charge is 0.225 e. The standard InChI is InChI=1S/C20H30N4O2/c1-14-9-15(2)24(22-14)13-20(7-8-20)12-21-19(26)16-10-18(25)23(11-16)17-5-3-4-6-17/h9,16-17H,3-8,10-13H2,1-2H3,(H,21,26)/t16-/m1/s1. The summed E-state index contributed by atoms with van der Waals surface area (Å²) in [5.74, 6) is 0.0481. The van der Waals surface area contributed by atoms with Crippen molar-refractivity contribution in [2.45, 2.75) is 71.4 Å². The van der Waals surface area contributed by atoms with Crippen LogP contribution in [0.25, 0.3) is 0 Å². The third kappa shape index (κ3) is 3.51. The molecule has 3 aliphatic rings. The molecule has 1 aliphatic heterocycles. The molecule has 6 nitrogen and oxygen atoms in total. The van der Waals surface area contributed by atoms with E-state index in [-0.39, 0.29) is 23.1 Å². The Bertz CT molecular complexity index is 701. The maximum atomic E-state index is 12.6. The molecular formula is C20H30N4O2. The van der Waals surface area contributed by atoms with Gasteiger partial charge in [0.05, 0.1) is 11.6 Å². The Labute approximate surface area is 155 Å². The number of aromatic nitrogens is 2. The van der Waals surface area contributed by atoms with E-state index in [2.05, 4.69) is 28.1 Å². The van der Waals surface area contributed by atoms with Gasteiger partial charge in [0.25, 0.3) is 0 Å². The summed E-state index contributed by atoms with van der Waals surface area (Å²) in [4.78, 5) is 26.9. The first-order valence-corrected chi connectivity index (χ1v) is 10.0. The molecular weight excluding hydrogens is 328 g/mol. The van der Waals surface area contributed by atoms with Gasteiger partial charge < -0.3 is 10.2 Å². The second kappa shape index (κ2) is 6.71. The van der Waals surface area contributed by atoms with Gasteiger partial charge in [-0.05, 0) is 45.6 Å². The van der Waals surface area contributed by atoms with Crippen molar-refractivity contribution in [3.05, 3.63) is 17.5 Å². The van der Waals surface area contributed by atoms with Crippen LogP contribution in [-0.2, 0) is 16.1 Å². The van der Waals surface area contributed by atoms with Crippen molar-refractivity contribution < 1.29 is 9.59 Å². The van der Waals surface area contributed by atoms with Gasteiger partial charge in [-0.25, -0.2) is 0 Å². The van der Waals surface area contributed by atoms with E-state index in [1.54, 1.807) is 0 Å². The van der Waals surface area contributed by atoms with Crippen molar-refractivity contribution in [3.8, 4) is 0 Å². The molecule has 142 valence electrons. The normalized spacial score (nSPS) is 25.1. The van der Waals surface area contributed by atoms with Crippen LogP contribution >= 0.6 is 0 Å². The summed E-state index contributed by atoms with van der Waals surface area (Å²) in [7, 11) is 0. The molecule has 2 aliphatic carbocycles. The van der Waals surface area contributed by atoms with Crippen molar-refractivity contribution >= 4 is 11.8 Å². The fourth-order valence-corrected chi connectivity index (χ4v) is 4.62. The van der Waals surface area contributed by atoms with Crippen molar-refractivity contribution in [1.29, 1.82) is 0 Å². The quantitative estimate of drug-likeness (QED) is 0.848. The van der Waals surface area contributed by atoms with E-state index in [9.17, 15) is 9.59 Å². The minimum atomic E-state index is -0.174. The van der Waals surface area contributed by atoms with Gasteiger partial charge in [-0.1, -0.05) is 12.8 Å². The van der Waals surface area contributed by atoms with E-state index >= 15 is 0 Å². The van der Waals surface area contributed by atoms with Crippen LogP contribution < -0.4 is 5.32 Å². The Kier molecular flexibility index (Phi) is 4.53. The minimum Gasteiger partial charge on any atom is -0.355 e. The zero-order chi connectivity index (χ0) is 18.3. The molecule has 1 atom stereocenters.